The van der Waals surface area contributed by atoms with Crippen LogP contribution in [0.3, 0.4) is 0 Å². The van der Waals surface area contributed by atoms with E-state index in [2.05, 4.69) is 143 Å². The Morgan fingerprint density at radius 2 is 1.39 bits per heavy atom. The first-order valence-corrected chi connectivity index (χ1v) is 13.4. The summed E-state index contributed by atoms with van der Waals surface area (Å²) in [6, 6.07) is 30.0. The summed E-state index contributed by atoms with van der Waals surface area (Å²) in [5.41, 5.74) is 6.64. The molecular weight excluding hydrogens is 466 g/mol. The van der Waals surface area contributed by atoms with E-state index in [1.165, 1.54) is 28.2 Å². The van der Waals surface area contributed by atoms with E-state index in [0.717, 1.165) is 27.9 Å². The molecule has 4 aromatic carbocycles. The van der Waals surface area contributed by atoms with Gasteiger partial charge in [0.1, 0.15) is 11.4 Å². The van der Waals surface area contributed by atoms with Crippen LogP contribution in [0.4, 0.5) is 17.1 Å². The first kappa shape index (κ1) is 23.1. The average molecular weight is 500 g/mol. The largest absolute Gasteiger partial charge is 0.458 e. The molecule has 3 heterocycles. The minimum atomic E-state index is -0.827. The molecule has 0 saturated carbocycles. The summed E-state index contributed by atoms with van der Waals surface area (Å²) in [5, 5.41) is 2.24. The van der Waals surface area contributed by atoms with Crippen molar-refractivity contribution in [2.24, 2.45) is 4.99 Å². The van der Waals surface area contributed by atoms with Crippen LogP contribution in [0.1, 0.15) is 38.8 Å². The molecule has 1 spiro atoms. The predicted octanol–water partition coefficient (Wildman–Crippen LogP) is 7.74. The highest BCUT2D eigenvalue weighted by Gasteiger charge is 2.62. The van der Waals surface area contributed by atoms with Crippen molar-refractivity contribution in [3.05, 3.63) is 108 Å². The van der Waals surface area contributed by atoms with Gasteiger partial charge in [-0.15, -0.1) is 0 Å². The molecule has 0 N–H and O–H groups in total. The van der Waals surface area contributed by atoms with Crippen molar-refractivity contribution in [3.63, 3.8) is 0 Å². The van der Waals surface area contributed by atoms with Crippen molar-refractivity contribution in [1.82, 2.24) is 0 Å². The molecule has 3 aliphatic heterocycles. The number of benzene rings is 4. The van der Waals surface area contributed by atoms with E-state index in [1.807, 2.05) is 0 Å². The Bertz CT molecular complexity index is 1700. The molecule has 0 aromatic heterocycles. The molecule has 1 unspecified atom stereocenters. The van der Waals surface area contributed by atoms with Gasteiger partial charge in [-0.1, -0.05) is 80.6 Å². The maximum Gasteiger partial charge on any atom is 0.235 e. The summed E-state index contributed by atoms with van der Waals surface area (Å²) in [6.45, 7) is 9.19. The number of hydrogen-bond acceptors (Lipinski definition) is 4. The Morgan fingerprint density at radius 1 is 0.737 bits per heavy atom. The number of fused-ring (bicyclic) bond motifs is 5. The van der Waals surface area contributed by atoms with E-state index < -0.39 is 5.72 Å². The van der Waals surface area contributed by atoms with E-state index in [9.17, 15) is 0 Å². The molecule has 3 aliphatic rings. The minimum absolute atomic E-state index is 0.174. The number of likely N-dealkylation sites (N-methyl/N-ethyl adjacent to an activating group) is 2. The van der Waals surface area contributed by atoms with Gasteiger partial charge in [0.25, 0.3) is 0 Å². The van der Waals surface area contributed by atoms with Gasteiger partial charge in [-0.3, -0.25) is 0 Å². The summed E-state index contributed by atoms with van der Waals surface area (Å²) in [7, 11) is 4.31. The SMILES string of the molecule is CN1/C(=C/C2=Nc3ccc4ccccc4c3OC23N(C)c2ccccc2C3(C)C)C(C)(C)c2ccccc21. The first-order valence-electron chi connectivity index (χ1n) is 13.4. The van der Waals surface area contributed by atoms with Crippen LogP contribution in [0.15, 0.2) is 102 Å². The highest BCUT2D eigenvalue weighted by atomic mass is 16.5. The first-order chi connectivity index (χ1) is 18.2. The monoisotopic (exact) mass is 499 g/mol. The number of ether oxygens (including phenoxy) is 1. The van der Waals surface area contributed by atoms with E-state index >= 15 is 0 Å². The van der Waals surface area contributed by atoms with Crippen LogP contribution >= 0.6 is 0 Å². The fourth-order valence-electron chi connectivity index (χ4n) is 7.10. The zero-order chi connectivity index (χ0) is 26.4. The third kappa shape index (κ3) is 2.73. The quantitative estimate of drug-likeness (QED) is 0.268. The zero-order valence-corrected chi connectivity index (χ0v) is 22.9. The molecule has 1 atom stereocenters. The summed E-state index contributed by atoms with van der Waals surface area (Å²) >= 11 is 0. The van der Waals surface area contributed by atoms with Crippen LogP contribution in [-0.2, 0) is 10.8 Å². The summed E-state index contributed by atoms with van der Waals surface area (Å²) in [5.74, 6) is 0.848. The molecule has 4 heteroatoms. The van der Waals surface area contributed by atoms with Crippen LogP contribution < -0.4 is 14.5 Å². The lowest BCUT2D eigenvalue weighted by Crippen LogP contribution is -2.64. The topological polar surface area (TPSA) is 28.1 Å². The summed E-state index contributed by atoms with van der Waals surface area (Å²) < 4.78 is 7.34. The van der Waals surface area contributed by atoms with E-state index in [4.69, 9.17) is 9.73 Å². The Morgan fingerprint density at radius 3 is 2.13 bits per heavy atom. The highest BCUT2D eigenvalue weighted by molar-refractivity contribution is 6.12. The molecule has 0 fully saturated rings. The smallest absolute Gasteiger partial charge is 0.235 e. The number of para-hydroxylation sites is 2. The highest BCUT2D eigenvalue weighted by Crippen LogP contribution is 2.57. The lowest BCUT2D eigenvalue weighted by Gasteiger charge is -2.48. The number of nitrogens with zero attached hydrogens (tertiary/aromatic N) is 3. The lowest BCUT2D eigenvalue weighted by atomic mass is 9.73. The van der Waals surface area contributed by atoms with Crippen molar-refractivity contribution >= 4 is 33.5 Å². The fraction of sp³-hybridized carbons (Fsp3) is 0.265. The van der Waals surface area contributed by atoms with Crippen molar-refractivity contribution in [3.8, 4) is 5.75 Å². The average Bonchev–Trinajstić information content (AvgIpc) is 3.22. The number of allylic oxidation sites excluding steroid dienone is 1. The van der Waals surface area contributed by atoms with Crippen LogP contribution in [0, 0.1) is 0 Å². The Balaban J connectivity index is 1.52. The van der Waals surface area contributed by atoms with Gasteiger partial charge in [-0.05, 0) is 54.6 Å². The molecule has 4 nitrogen and oxygen atoms in total. The standard InChI is InChI=1S/C34H33N3O/c1-32(2)24-15-9-11-17-27(24)36(5)30(32)21-29-34(33(3,4)25-16-10-12-18-28(25)37(34)6)38-31-23-14-8-7-13-22(23)19-20-26(31)35-29/h7-21H,1-6H3/b30-21+. The third-order valence-electron chi connectivity index (χ3n) is 9.17. The number of anilines is 2. The van der Waals surface area contributed by atoms with Crippen LogP contribution in [0.2, 0.25) is 0 Å². The third-order valence-corrected chi connectivity index (χ3v) is 9.17. The van der Waals surface area contributed by atoms with Crippen LogP contribution in [0.25, 0.3) is 10.8 Å². The molecule has 0 bridgehead atoms. The van der Waals surface area contributed by atoms with Crippen LogP contribution in [-0.4, -0.2) is 25.5 Å². The van der Waals surface area contributed by atoms with Crippen molar-refractivity contribution < 1.29 is 4.74 Å². The van der Waals surface area contributed by atoms with Gasteiger partial charge in [0, 0.05) is 42.0 Å². The fourth-order valence-corrected chi connectivity index (χ4v) is 7.10. The van der Waals surface area contributed by atoms with Gasteiger partial charge in [0.15, 0.2) is 5.75 Å². The van der Waals surface area contributed by atoms with Gasteiger partial charge in [-0.2, -0.15) is 0 Å². The summed E-state index contributed by atoms with van der Waals surface area (Å²) in [6.07, 6.45) is 2.29. The predicted molar refractivity (Wildman–Crippen MR) is 158 cm³/mol. The summed E-state index contributed by atoms with van der Waals surface area (Å²) in [4.78, 5) is 10.1. The number of hydrogen-bond donors (Lipinski definition) is 0. The molecular formula is C34H33N3O. The second kappa shape index (κ2) is 7.50. The van der Waals surface area contributed by atoms with E-state index in [0.29, 0.717) is 0 Å². The number of rotatable bonds is 1. The molecule has 0 radical (unpaired) electrons. The van der Waals surface area contributed by atoms with Crippen LogP contribution in [0.5, 0.6) is 5.75 Å². The van der Waals surface area contributed by atoms with E-state index in [-0.39, 0.29) is 10.8 Å². The number of aliphatic imine (C=N–C) groups is 1. The van der Waals surface area contributed by atoms with E-state index in [1.54, 1.807) is 0 Å². The normalized spacial score (nSPS) is 23.3. The second-order valence-corrected chi connectivity index (χ2v) is 11.8. The maximum atomic E-state index is 7.34. The van der Waals surface area contributed by atoms with Gasteiger partial charge >= 0.3 is 0 Å². The Labute approximate surface area is 224 Å². The maximum absolute atomic E-state index is 7.34. The molecule has 190 valence electrons. The molecule has 38 heavy (non-hydrogen) atoms. The van der Waals surface area contributed by atoms with Crippen molar-refractivity contribution in [1.29, 1.82) is 0 Å². The Kier molecular flexibility index (Phi) is 4.56. The molecule has 0 aliphatic carbocycles. The molecule has 7 rings (SSSR count). The van der Waals surface area contributed by atoms with Gasteiger partial charge < -0.3 is 14.5 Å². The van der Waals surface area contributed by atoms with Gasteiger partial charge in [0.2, 0.25) is 5.72 Å². The van der Waals surface area contributed by atoms with Gasteiger partial charge in [-0.25, -0.2) is 4.99 Å². The zero-order valence-electron chi connectivity index (χ0n) is 22.9. The molecule has 0 saturated heterocycles. The molecule has 4 aromatic rings. The van der Waals surface area contributed by atoms with Crippen molar-refractivity contribution in [2.75, 3.05) is 23.9 Å². The second-order valence-electron chi connectivity index (χ2n) is 11.8. The van der Waals surface area contributed by atoms with Gasteiger partial charge in [0.05, 0.1) is 5.41 Å². The molecule has 0 amide bonds. The Hall–Kier alpha value is -4.05. The van der Waals surface area contributed by atoms with Crippen molar-refractivity contribution in [2.45, 2.75) is 44.2 Å². The lowest BCUT2D eigenvalue weighted by molar-refractivity contribution is 0.0799. The minimum Gasteiger partial charge on any atom is -0.458 e.